The molecular formula is C23H23FN2O4S. The Balaban J connectivity index is 1.73. The summed E-state index contributed by atoms with van der Waals surface area (Å²) >= 11 is 0. The van der Waals surface area contributed by atoms with Crippen molar-refractivity contribution in [3.8, 4) is 5.75 Å². The number of nitrogens with zero attached hydrogens (tertiary/aromatic N) is 1. The molecule has 31 heavy (non-hydrogen) atoms. The summed E-state index contributed by atoms with van der Waals surface area (Å²) in [6.07, 6.45) is 0. The molecule has 0 heterocycles. The van der Waals surface area contributed by atoms with E-state index < -0.39 is 15.9 Å². The molecule has 6 nitrogen and oxygen atoms in total. The second-order valence-electron chi connectivity index (χ2n) is 6.99. The molecule has 0 saturated carbocycles. The van der Waals surface area contributed by atoms with Crippen LogP contribution in [-0.2, 0) is 23.2 Å². The lowest BCUT2D eigenvalue weighted by Crippen LogP contribution is -2.27. The third-order valence-corrected chi connectivity index (χ3v) is 6.53. The van der Waals surface area contributed by atoms with Gasteiger partial charge in [-0.2, -0.15) is 0 Å². The van der Waals surface area contributed by atoms with Gasteiger partial charge in [0.1, 0.15) is 18.2 Å². The van der Waals surface area contributed by atoms with Gasteiger partial charge in [-0.15, -0.1) is 0 Å². The molecule has 162 valence electrons. The van der Waals surface area contributed by atoms with Gasteiger partial charge in [-0.3, -0.25) is 4.79 Å². The van der Waals surface area contributed by atoms with Crippen molar-refractivity contribution in [3.05, 3.63) is 95.3 Å². The number of hydrogen-bond acceptors (Lipinski definition) is 4. The molecule has 0 aliphatic rings. The molecule has 1 N–H and O–H groups in total. The first kappa shape index (κ1) is 22.5. The minimum Gasteiger partial charge on any atom is -0.488 e. The number of ether oxygens (including phenoxy) is 1. The van der Waals surface area contributed by atoms with E-state index in [1.807, 2.05) is 0 Å². The fraction of sp³-hybridized carbons (Fsp3) is 0.174. The predicted octanol–water partition coefficient (Wildman–Crippen LogP) is 3.59. The smallest absolute Gasteiger partial charge is 0.255 e. The first-order chi connectivity index (χ1) is 14.8. The molecule has 0 aliphatic heterocycles. The molecule has 0 saturated heterocycles. The van der Waals surface area contributed by atoms with Crippen molar-refractivity contribution in [1.29, 1.82) is 0 Å². The first-order valence-corrected chi connectivity index (χ1v) is 11.0. The highest BCUT2D eigenvalue weighted by atomic mass is 32.2. The normalized spacial score (nSPS) is 11.4. The number of carbonyl (C=O) groups excluding carboxylic acids is 1. The molecule has 0 fully saturated rings. The van der Waals surface area contributed by atoms with Gasteiger partial charge < -0.3 is 10.1 Å². The SMILES string of the molecule is CN(C)S(=O)(=O)c1ccccc1CNC(=O)c1ccccc1OCc1ccc(F)cc1. The molecular weight excluding hydrogens is 419 g/mol. The fourth-order valence-corrected chi connectivity index (χ4v) is 4.01. The van der Waals surface area contributed by atoms with Gasteiger partial charge in [-0.05, 0) is 41.5 Å². The summed E-state index contributed by atoms with van der Waals surface area (Å²) in [5.74, 6) is -0.356. The van der Waals surface area contributed by atoms with Gasteiger partial charge in [0.15, 0.2) is 0 Å². The number of nitrogens with one attached hydrogen (secondary N) is 1. The van der Waals surface area contributed by atoms with E-state index in [4.69, 9.17) is 4.74 Å². The summed E-state index contributed by atoms with van der Waals surface area (Å²) < 4.78 is 45.0. The maximum absolute atomic E-state index is 13.1. The Morgan fingerprint density at radius 3 is 2.32 bits per heavy atom. The summed E-state index contributed by atoms with van der Waals surface area (Å²) in [6.45, 7) is 0.211. The standard InChI is InChI=1S/C23H23FN2O4S/c1-26(2)31(28,29)22-10-6-3-7-18(22)15-25-23(27)20-8-4-5-9-21(20)30-16-17-11-13-19(24)14-12-17/h3-14H,15-16H2,1-2H3,(H,25,27). The number of sulfonamides is 1. The zero-order valence-corrected chi connectivity index (χ0v) is 18.0. The van der Waals surface area contributed by atoms with E-state index in [1.54, 1.807) is 54.6 Å². The second kappa shape index (κ2) is 9.72. The highest BCUT2D eigenvalue weighted by molar-refractivity contribution is 7.89. The van der Waals surface area contributed by atoms with E-state index in [-0.39, 0.29) is 23.9 Å². The van der Waals surface area contributed by atoms with Crippen molar-refractivity contribution >= 4 is 15.9 Å². The lowest BCUT2D eigenvalue weighted by Gasteiger charge is -2.16. The van der Waals surface area contributed by atoms with Gasteiger partial charge in [-0.1, -0.05) is 42.5 Å². The van der Waals surface area contributed by atoms with Gasteiger partial charge in [0.05, 0.1) is 10.5 Å². The zero-order valence-electron chi connectivity index (χ0n) is 17.2. The molecule has 0 bridgehead atoms. The van der Waals surface area contributed by atoms with Gasteiger partial charge in [0.25, 0.3) is 5.91 Å². The van der Waals surface area contributed by atoms with Crippen LogP contribution in [0.3, 0.4) is 0 Å². The predicted molar refractivity (Wildman–Crippen MR) is 116 cm³/mol. The van der Waals surface area contributed by atoms with Crippen LogP contribution in [0.15, 0.2) is 77.7 Å². The first-order valence-electron chi connectivity index (χ1n) is 9.54. The molecule has 3 rings (SSSR count). The van der Waals surface area contributed by atoms with Gasteiger partial charge in [-0.25, -0.2) is 17.1 Å². The number of benzene rings is 3. The maximum atomic E-state index is 13.1. The Kier molecular flexibility index (Phi) is 7.04. The van der Waals surface area contributed by atoms with E-state index in [0.29, 0.717) is 16.9 Å². The third kappa shape index (κ3) is 5.48. The summed E-state index contributed by atoms with van der Waals surface area (Å²) in [6, 6.07) is 19.2. The average molecular weight is 443 g/mol. The Morgan fingerprint density at radius 2 is 1.61 bits per heavy atom. The average Bonchev–Trinajstić information content (AvgIpc) is 2.77. The Labute approximate surface area is 181 Å². The van der Waals surface area contributed by atoms with Crippen LogP contribution in [0.2, 0.25) is 0 Å². The maximum Gasteiger partial charge on any atom is 0.255 e. The number of halogens is 1. The summed E-state index contributed by atoms with van der Waals surface area (Å²) in [5.41, 5.74) is 1.56. The van der Waals surface area contributed by atoms with Crippen LogP contribution in [0.5, 0.6) is 5.75 Å². The van der Waals surface area contributed by atoms with Crippen LogP contribution in [-0.4, -0.2) is 32.7 Å². The summed E-state index contributed by atoms with van der Waals surface area (Å²) in [7, 11) is -0.724. The minimum atomic E-state index is -3.64. The third-order valence-electron chi connectivity index (χ3n) is 4.61. The van der Waals surface area contributed by atoms with Crippen LogP contribution in [0.4, 0.5) is 4.39 Å². The highest BCUT2D eigenvalue weighted by Gasteiger charge is 2.21. The van der Waals surface area contributed by atoms with Crippen molar-refractivity contribution in [1.82, 2.24) is 9.62 Å². The number of carbonyl (C=O) groups is 1. The van der Waals surface area contributed by atoms with Gasteiger partial charge >= 0.3 is 0 Å². The quantitative estimate of drug-likeness (QED) is 0.579. The highest BCUT2D eigenvalue weighted by Crippen LogP contribution is 2.21. The summed E-state index contributed by atoms with van der Waals surface area (Å²) in [4.78, 5) is 12.9. The zero-order chi connectivity index (χ0) is 22.4. The molecule has 0 aromatic heterocycles. The molecule has 3 aromatic rings. The van der Waals surface area contributed by atoms with Crippen LogP contribution < -0.4 is 10.1 Å². The minimum absolute atomic E-state index is 0.0361. The second-order valence-corrected chi connectivity index (χ2v) is 9.11. The Morgan fingerprint density at radius 1 is 0.968 bits per heavy atom. The molecule has 0 unspecified atom stereocenters. The van der Waals surface area contributed by atoms with Crippen molar-refractivity contribution in [3.63, 3.8) is 0 Å². The van der Waals surface area contributed by atoms with E-state index in [1.165, 1.54) is 32.3 Å². The monoisotopic (exact) mass is 442 g/mol. The molecule has 0 radical (unpaired) electrons. The van der Waals surface area contributed by atoms with Crippen LogP contribution >= 0.6 is 0 Å². The molecule has 0 atom stereocenters. The van der Waals surface area contributed by atoms with E-state index in [0.717, 1.165) is 9.87 Å². The number of rotatable bonds is 8. The van der Waals surface area contributed by atoms with Crippen molar-refractivity contribution in [2.45, 2.75) is 18.0 Å². The van der Waals surface area contributed by atoms with E-state index in [9.17, 15) is 17.6 Å². The topological polar surface area (TPSA) is 75.7 Å². The largest absolute Gasteiger partial charge is 0.488 e. The number of para-hydroxylation sites is 1. The van der Waals surface area contributed by atoms with Gasteiger partial charge in [0.2, 0.25) is 10.0 Å². The number of amides is 1. The van der Waals surface area contributed by atoms with Crippen LogP contribution in [0, 0.1) is 5.82 Å². The molecule has 1 amide bonds. The van der Waals surface area contributed by atoms with Crippen molar-refractivity contribution in [2.24, 2.45) is 0 Å². The lowest BCUT2D eigenvalue weighted by molar-refractivity contribution is 0.0946. The van der Waals surface area contributed by atoms with E-state index >= 15 is 0 Å². The molecule has 0 spiro atoms. The van der Waals surface area contributed by atoms with Crippen LogP contribution in [0.1, 0.15) is 21.5 Å². The fourth-order valence-electron chi connectivity index (χ4n) is 2.89. The molecule has 3 aromatic carbocycles. The Bertz CT molecular complexity index is 1160. The number of hydrogen-bond donors (Lipinski definition) is 1. The van der Waals surface area contributed by atoms with Crippen molar-refractivity contribution < 1.29 is 22.3 Å². The molecule has 8 heteroatoms. The van der Waals surface area contributed by atoms with E-state index in [2.05, 4.69) is 5.32 Å². The van der Waals surface area contributed by atoms with Crippen LogP contribution in [0.25, 0.3) is 0 Å². The lowest BCUT2D eigenvalue weighted by atomic mass is 10.1. The van der Waals surface area contributed by atoms with Crippen molar-refractivity contribution in [2.75, 3.05) is 14.1 Å². The molecule has 0 aliphatic carbocycles. The summed E-state index contributed by atoms with van der Waals surface area (Å²) in [5, 5.41) is 2.76. The van der Waals surface area contributed by atoms with Gasteiger partial charge in [0, 0.05) is 20.6 Å². The Hall–Kier alpha value is -3.23.